The number of hydrogen-bond acceptors (Lipinski definition) is 4. The van der Waals surface area contributed by atoms with Gasteiger partial charge in [-0.05, 0) is 25.3 Å². The summed E-state index contributed by atoms with van der Waals surface area (Å²) in [6.07, 6.45) is 6.20. The molecule has 21 heavy (non-hydrogen) atoms. The van der Waals surface area contributed by atoms with Crippen molar-refractivity contribution in [3.05, 3.63) is 23.8 Å². The first-order chi connectivity index (χ1) is 9.95. The fourth-order valence-corrected chi connectivity index (χ4v) is 2.40. The Labute approximate surface area is 124 Å². The summed E-state index contributed by atoms with van der Waals surface area (Å²) in [6, 6.07) is 0. The first kappa shape index (κ1) is 17.3. The number of aliphatic hydroxyl groups excluding tert-OH is 1. The minimum Gasteiger partial charge on any atom is -0.481 e. The van der Waals surface area contributed by atoms with Gasteiger partial charge in [0.2, 0.25) is 0 Å². The summed E-state index contributed by atoms with van der Waals surface area (Å²) in [5.41, 5.74) is 0.583. The third-order valence-corrected chi connectivity index (χ3v) is 3.47. The minimum absolute atomic E-state index is 0.0621. The predicted octanol–water partition coefficient (Wildman–Crippen LogP) is 2.04. The second kappa shape index (κ2) is 8.52. The van der Waals surface area contributed by atoms with Crippen LogP contribution in [0, 0.1) is 5.92 Å². The van der Waals surface area contributed by atoms with E-state index in [1.165, 1.54) is 6.08 Å². The van der Waals surface area contributed by atoms with Crippen LogP contribution in [0.1, 0.15) is 45.4 Å². The molecule has 0 heterocycles. The van der Waals surface area contributed by atoms with E-state index in [1.807, 2.05) is 6.92 Å². The lowest BCUT2D eigenvalue weighted by Gasteiger charge is -2.09. The SMILES string of the molecule is CC/C=C1\C(=O)CC(O)C1/C=C/C(=O)CCCCC(=O)O. The first-order valence-corrected chi connectivity index (χ1v) is 7.29. The Morgan fingerprint density at radius 3 is 2.57 bits per heavy atom. The van der Waals surface area contributed by atoms with Crippen LogP contribution in [0.5, 0.6) is 0 Å². The van der Waals surface area contributed by atoms with E-state index in [1.54, 1.807) is 12.2 Å². The van der Waals surface area contributed by atoms with Crippen molar-refractivity contribution in [2.45, 2.75) is 51.6 Å². The van der Waals surface area contributed by atoms with Crippen molar-refractivity contribution in [1.82, 2.24) is 0 Å². The lowest BCUT2D eigenvalue weighted by molar-refractivity contribution is -0.137. The zero-order chi connectivity index (χ0) is 15.8. The smallest absolute Gasteiger partial charge is 0.303 e. The van der Waals surface area contributed by atoms with E-state index in [-0.39, 0.29) is 30.8 Å². The van der Waals surface area contributed by atoms with E-state index in [4.69, 9.17) is 5.11 Å². The van der Waals surface area contributed by atoms with Gasteiger partial charge in [0, 0.05) is 30.8 Å². The molecule has 5 nitrogen and oxygen atoms in total. The van der Waals surface area contributed by atoms with Gasteiger partial charge in [-0.25, -0.2) is 0 Å². The van der Waals surface area contributed by atoms with Gasteiger partial charge in [-0.2, -0.15) is 0 Å². The highest BCUT2D eigenvalue weighted by Gasteiger charge is 2.34. The van der Waals surface area contributed by atoms with Gasteiger partial charge >= 0.3 is 5.97 Å². The van der Waals surface area contributed by atoms with Crippen molar-refractivity contribution in [3.8, 4) is 0 Å². The highest BCUT2D eigenvalue weighted by molar-refractivity contribution is 5.99. The average molecular weight is 294 g/mol. The topological polar surface area (TPSA) is 91.7 Å². The quantitative estimate of drug-likeness (QED) is 0.528. The molecule has 1 fully saturated rings. The maximum absolute atomic E-state index is 11.7. The predicted molar refractivity (Wildman–Crippen MR) is 77.7 cm³/mol. The lowest BCUT2D eigenvalue weighted by Crippen LogP contribution is -2.12. The normalized spacial score (nSPS) is 24.1. The maximum atomic E-state index is 11.7. The number of carbonyl (C=O) groups is 3. The van der Waals surface area contributed by atoms with Gasteiger partial charge in [0.25, 0.3) is 0 Å². The highest BCUT2D eigenvalue weighted by atomic mass is 16.4. The fourth-order valence-electron chi connectivity index (χ4n) is 2.40. The van der Waals surface area contributed by atoms with Crippen molar-refractivity contribution in [1.29, 1.82) is 0 Å². The van der Waals surface area contributed by atoms with Gasteiger partial charge in [0.15, 0.2) is 11.6 Å². The van der Waals surface area contributed by atoms with Gasteiger partial charge in [0.1, 0.15) is 0 Å². The molecule has 2 unspecified atom stereocenters. The van der Waals surface area contributed by atoms with E-state index >= 15 is 0 Å². The van der Waals surface area contributed by atoms with Crippen LogP contribution in [0.3, 0.4) is 0 Å². The molecular formula is C16H22O5. The van der Waals surface area contributed by atoms with Crippen molar-refractivity contribution in [2.24, 2.45) is 5.92 Å². The number of carboxylic acids is 1. The fraction of sp³-hybridized carbons (Fsp3) is 0.562. The highest BCUT2D eigenvalue weighted by Crippen LogP contribution is 2.30. The molecule has 0 aliphatic heterocycles. The molecule has 2 atom stereocenters. The number of ketones is 2. The van der Waals surface area contributed by atoms with Gasteiger partial charge in [-0.15, -0.1) is 0 Å². The Bertz CT molecular complexity index is 461. The Hall–Kier alpha value is -1.75. The van der Waals surface area contributed by atoms with Crippen LogP contribution in [0.25, 0.3) is 0 Å². The van der Waals surface area contributed by atoms with Crippen molar-refractivity contribution in [2.75, 3.05) is 0 Å². The summed E-state index contributed by atoms with van der Waals surface area (Å²) < 4.78 is 0. The Balaban J connectivity index is 2.50. The van der Waals surface area contributed by atoms with Gasteiger partial charge in [-0.1, -0.05) is 19.1 Å². The summed E-state index contributed by atoms with van der Waals surface area (Å²) in [5.74, 6) is -1.43. The standard InChI is InChI=1S/C16H22O5/c1-2-5-12-13(15(19)10-14(12)18)9-8-11(17)6-3-4-7-16(20)21/h5,8-9,13,15,19H,2-4,6-7,10H2,1H3,(H,20,21)/b9-8+,12-5-. The summed E-state index contributed by atoms with van der Waals surface area (Å²) in [6.45, 7) is 1.92. The van der Waals surface area contributed by atoms with Crippen LogP contribution in [0.15, 0.2) is 23.8 Å². The van der Waals surface area contributed by atoms with Crippen molar-refractivity contribution < 1.29 is 24.6 Å². The van der Waals surface area contributed by atoms with E-state index in [9.17, 15) is 19.5 Å². The summed E-state index contributed by atoms with van der Waals surface area (Å²) in [5, 5.41) is 18.3. The van der Waals surface area contributed by atoms with Crippen LogP contribution in [0.4, 0.5) is 0 Å². The summed E-state index contributed by atoms with van der Waals surface area (Å²) >= 11 is 0. The van der Waals surface area contributed by atoms with E-state index in [2.05, 4.69) is 0 Å². The molecule has 0 bridgehead atoms. The summed E-state index contributed by atoms with van der Waals surface area (Å²) in [7, 11) is 0. The number of carboxylic acid groups (broad SMARTS) is 1. The van der Waals surface area contributed by atoms with E-state index in [0.29, 0.717) is 24.8 Å². The van der Waals surface area contributed by atoms with Gasteiger partial charge in [0.05, 0.1) is 6.10 Å². The Morgan fingerprint density at radius 1 is 1.29 bits per heavy atom. The van der Waals surface area contributed by atoms with Crippen LogP contribution in [-0.2, 0) is 14.4 Å². The van der Waals surface area contributed by atoms with Gasteiger partial charge < -0.3 is 10.2 Å². The van der Waals surface area contributed by atoms with E-state index in [0.717, 1.165) is 0 Å². The zero-order valence-electron chi connectivity index (χ0n) is 12.2. The van der Waals surface area contributed by atoms with Crippen LogP contribution >= 0.6 is 0 Å². The third-order valence-electron chi connectivity index (χ3n) is 3.47. The lowest BCUT2D eigenvalue weighted by atomic mass is 9.98. The molecule has 0 aromatic carbocycles. The van der Waals surface area contributed by atoms with Crippen molar-refractivity contribution >= 4 is 17.5 Å². The second-order valence-corrected chi connectivity index (χ2v) is 5.21. The number of carbonyl (C=O) groups excluding carboxylic acids is 2. The zero-order valence-corrected chi connectivity index (χ0v) is 12.2. The molecule has 2 N–H and O–H groups in total. The molecule has 0 amide bonds. The van der Waals surface area contributed by atoms with Crippen LogP contribution in [0.2, 0.25) is 0 Å². The number of rotatable bonds is 8. The monoisotopic (exact) mass is 294 g/mol. The Morgan fingerprint density at radius 2 is 1.95 bits per heavy atom. The number of allylic oxidation sites excluding steroid dienone is 2. The Kier molecular flexibility index (Phi) is 7.02. The van der Waals surface area contributed by atoms with Crippen LogP contribution in [-0.4, -0.2) is 33.9 Å². The minimum atomic E-state index is -0.861. The van der Waals surface area contributed by atoms with Crippen molar-refractivity contribution in [3.63, 3.8) is 0 Å². The molecule has 0 spiro atoms. The molecule has 0 aromatic rings. The molecule has 116 valence electrons. The summed E-state index contributed by atoms with van der Waals surface area (Å²) in [4.78, 5) is 33.7. The number of aliphatic hydroxyl groups is 1. The molecular weight excluding hydrogens is 272 g/mol. The number of aliphatic carboxylic acids is 1. The third kappa shape index (κ3) is 5.63. The second-order valence-electron chi connectivity index (χ2n) is 5.21. The molecule has 0 saturated heterocycles. The average Bonchev–Trinajstić information content (AvgIpc) is 2.67. The van der Waals surface area contributed by atoms with E-state index < -0.39 is 18.0 Å². The molecule has 1 aliphatic rings. The molecule has 5 heteroatoms. The maximum Gasteiger partial charge on any atom is 0.303 e. The molecule has 0 radical (unpaired) electrons. The number of Topliss-reactive ketones (excluding diaryl/α,β-unsaturated/α-hetero) is 1. The molecule has 1 rings (SSSR count). The molecule has 1 aliphatic carbocycles. The number of unbranched alkanes of at least 4 members (excludes halogenated alkanes) is 1. The largest absolute Gasteiger partial charge is 0.481 e. The molecule has 0 aromatic heterocycles. The van der Waals surface area contributed by atoms with Gasteiger partial charge in [-0.3, -0.25) is 14.4 Å². The number of hydrogen-bond donors (Lipinski definition) is 2. The molecule has 1 saturated carbocycles. The van der Waals surface area contributed by atoms with Crippen LogP contribution < -0.4 is 0 Å². The first-order valence-electron chi connectivity index (χ1n) is 7.29.